The summed E-state index contributed by atoms with van der Waals surface area (Å²) in [4.78, 5) is 0. The Morgan fingerprint density at radius 2 is 1.75 bits per heavy atom. The predicted octanol–water partition coefficient (Wildman–Crippen LogP) is 3.93. The zero-order valence-electron chi connectivity index (χ0n) is 15.7. The highest BCUT2D eigenvalue weighted by atomic mass is 32.2. The van der Waals surface area contributed by atoms with Crippen LogP contribution in [0.2, 0.25) is 0 Å². The average Bonchev–Trinajstić information content (AvgIpc) is 3.12. The number of hydrogen-bond donors (Lipinski definition) is 1. The largest absolute Gasteiger partial charge is 0.454 e. The molecule has 0 spiro atoms. The van der Waals surface area contributed by atoms with Crippen molar-refractivity contribution in [3.63, 3.8) is 0 Å². The van der Waals surface area contributed by atoms with Crippen LogP contribution in [0.4, 0.5) is 5.69 Å². The van der Waals surface area contributed by atoms with E-state index in [1.807, 2.05) is 24.3 Å². The summed E-state index contributed by atoms with van der Waals surface area (Å²) in [5.74, 6) is 1.91. The number of benzene rings is 2. The van der Waals surface area contributed by atoms with Crippen molar-refractivity contribution < 1.29 is 22.6 Å². The van der Waals surface area contributed by atoms with Gasteiger partial charge in [-0.25, -0.2) is 8.42 Å². The van der Waals surface area contributed by atoms with E-state index in [0.29, 0.717) is 11.6 Å². The molecule has 2 aromatic rings. The van der Waals surface area contributed by atoms with Crippen LogP contribution in [0.3, 0.4) is 0 Å². The van der Waals surface area contributed by atoms with Gasteiger partial charge in [0, 0.05) is 11.6 Å². The Balaban J connectivity index is 1.59. The highest BCUT2D eigenvalue weighted by Crippen LogP contribution is 2.50. The smallest absolute Gasteiger partial charge is 0.231 e. The molecule has 5 rings (SSSR count). The van der Waals surface area contributed by atoms with Crippen molar-refractivity contribution >= 4 is 15.7 Å². The summed E-state index contributed by atoms with van der Waals surface area (Å²) in [5.41, 5.74) is 3.82. The van der Waals surface area contributed by atoms with Crippen LogP contribution in [-0.4, -0.2) is 27.6 Å². The molecule has 7 heteroatoms. The van der Waals surface area contributed by atoms with Gasteiger partial charge in [-0.1, -0.05) is 25.0 Å². The zero-order chi connectivity index (χ0) is 19.3. The van der Waals surface area contributed by atoms with Crippen LogP contribution in [0.5, 0.6) is 11.5 Å². The lowest BCUT2D eigenvalue weighted by molar-refractivity contribution is -0.0389. The average molecular weight is 401 g/mol. The first-order chi connectivity index (χ1) is 13.5. The number of ether oxygens (including phenoxy) is 3. The normalized spacial score (nSPS) is 25.7. The van der Waals surface area contributed by atoms with Crippen molar-refractivity contribution in [2.75, 3.05) is 17.8 Å². The van der Waals surface area contributed by atoms with Gasteiger partial charge in [0.05, 0.1) is 12.4 Å². The lowest BCUT2D eigenvalue weighted by atomic mass is 9.76. The van der Waals surface area contributed by atoms with E-state index < -0.39 is 10.0 Å². The van der Waals surface area contributed by atoms with Crippen molar-refractivity contribution in [1.82, 2.24) is 0 Å². The molecule has 0 saturated heterocycles. The maximum atomic E-state index is 11.6. The van der Waals surface area contributed by atoms with E-state index in [9.17, 15) is 8.42 Å². The number of anilines is 1. The van der Waals surface area contributed by atoms with E-state index >= 15 is 0 Å². The minimum absolute atomic E-state index is 0.165. The Morgan fingerprint density at radius 1 is 1.00 bits per heavy atom. The molecule has 148 valence electrons. The SMILES string of the molecule is CS(=O)(=O)Nc1cccc([C@H]2O[C@@H]3CCCC[C@@H]3c3cc4c(cc32)OCO4)c1. The lowest BCUT2D eigenvalue weighted by Crippen LogP contribution is -2.33. The number of sulfonamides is 1. The van der Waals surface area contributed by atoms with Crippen LogP contribution in [-0.2, 0) is 14.8 Å². The third kappa shape index (κ3) is 3.22. The van der Waals surface area contributed by atoms with Gasteiger partial charge in [0.15, 0.2) is 11.5 Å². The second-order valence-electron chi connectivity index (χ2n) is 7.78. The van der Waals surface area contributed by atoms with Gasteiger partial charge < -0.3 is 14.2 Å². The monoisotopic (exact) mass is 401 g/mol. The second-order valence-corrected chi connectivity index (χ2v) is 9.53. The quantitative estimate of drug-likeness (QED) is 0.843. The third-order valence-corrected chi connectivity index (χ3v) is 6.37. The molecule has 28 heavy (non-hydrogen) atoms. The Labute approximate surface area is 164 Å². The lowest BCUT2D eigenvalue weighted by Gasteiger charge is -2.41. The summed E-state index contributed by atoms with van der Waals surface area (Å²) in [6.07, 6.45) is 5.58. The van der Waals surface area contributed by atoms with Crippen molar-refractivity contribution in [3.8, 4) is 11.5 Å². The first kappa shape index (κ1) is 17.8. The van der Waals surface area contributed by atoms with Gasteiger partial charge in [-0.2, -0.15) is 0 Å². The van der Waals surface area contributed by atoms with Gasteiger partial charge in [0.25, 0.3) is 0 Å². The molecule has 0 aromatic heterocycles. The van der Waals surface area contributed by atoms with E-state index in [1.165, 1.54) is 18.4 Å². The number of hydrogen-bond acceptors (Lipinski definition) is 5. The molecular formula is C21H23NO5S. The molecule has 0 unspecified atom stereocenters. The van der Waals surface area contributed by atoms with Crippen LogP contribution in [0.1, 0.15) is 54.4 Å². The molecule has 1 N–H and O–H groups in total. The van der Waals surface area contributed by atoms with Crippen molar-refractivity contribution in [2.24, 2.45) is 0 Å². The highest BCUT2D eigenvalue weighted by Gasteiger charge is 2.39. The minimum Gasteiger partial charge on any atom is -0.454 e. The number of rotatable bonds is 3. The molecule has 3 aliphatic rings. The number of fused-ring (bicyclic) bond motifs is 4. The summed E-state index contributed by atoms with van der Waals surface area (Å²) in [6, 6.07) is 11.6. The maximum absolute atomic E-state index is 11.6. The summed E-state index contributed by atoms with van der Waals surface area (Å²) in [5, 5.41) is 0. The van der Waals surface area contributed by atoms with Crippen LogP contribution >= 0.6 is 0 Å². The summed E-state index contributed by atoms with van der Waals surface area (Å²) >= 11 is 0. The first-order valence-electron chi connectivity index (χ1n) is 9.64. The van der Waals surface area contributed by atoms with E-state index in [1.54, 1.807) is 6.07 Å². The molecule has 2 aliphatic heterocycles. The van der Waals surface area contributed by atoms with Crippen LogP contribution in [0.15, 0.2) is 36.4 Å². The molecule has 2 aromatic carbocycles. The summed E-state index contributed by atoms with van der Waals surface area (Å²) in [7, 11) is -3.34. The molecule has 2 heterocycles. The van der Waals surface area contributed by atoms with Crippen LogP contribution in [0, 0.1) is 0 Å². The standard InChI is InChI=1S/C21H23NO5S/c1-28(23,24)22-14-6-4-5-13(9-14)21-17-11-20-19(25-12-26-20)10-16(17)15-7-2-3-8-18(15)27-21/h4-6,9-11,15,18,21-22H,2-3,7-8,12H2,1H3/t15-,18-,21-/m1/s1. The van der Waals surface area contributed by atoms with Crippen molar-refractivity contribution in [3.05, 3.63) is 53.1 Å². The van der Waals surface area contributed by atoms with Crippen molar-refractivity contribution in [2.45, 2.75) is 43.8 Å². The Morgan fingerprint density at radius 3 is 2.54 bits per heavy atom. The van der Waals surface area contributed by atoms with Gasteiger partial charge in [0.1, 0.15) is 6.10 Å². The molecule has 1 fully saturated rings. The molecule has 1 saturated carbocycles. The van der Waals surface area contributed by atoms with Gasteiger partial charge >= 0.3 is 0 Å². The topological polar surface area (TPSA) is 73.9 Å². The summed E-state index contributed by atoms with van der Waals surface area (Å²) < 4.78 is 43.6. The molecule has 0 amide bonds. The minimum atomic E-state index is -3.34. The molecule has 6 nitrogen and oxygen atoms in total. The van der Waals surface area contributed by atoms with E-state index in [4.69, 9.17) is 14.2 Å². The second kappa shape index (κ2) is 6.67. The molecule has 3 atom stereocenters. The fraction of sp³-hybridized carbons (Fsp3) is 0.429. The van der Waals surface area contributed by atoms with E-state index in [2.05, 4.69) is 10.8 Å². The molecule has 0 radical (unpaired) electrons. The van der Waals surface area contributed by atoms with Crippen molar-refractivity contribution in [1.29, 1.82) is 0 Å². The Kier molecular flexibility index (Phi) is 4.25. The Bertz CT molecular complexity index is 1020. The maximum Gasteiger partial charge on any atom is 0.231 e. The first-order valence-corrected chi connectivity index (χ1v) is 11.5. The van der Waals surface area contributed by atoms with Crippen LogP contribution < -0.4 is 14.2 Å². The van der Waals surface area contributed by atoms with Crippen LogP contribution in [0.25, 0.3) is 0 Å². The molecule has 1 aliphatic carbocycles. The van der Waals surface area contributed by atoms with E-state index in [0.717, 1.165) is 41.7 Å². The summed E-state index contributed by atoms with van der Waals surface area (Å²) in [6.45, 7) is 0.242. The zero-order valence-corrected chi connectivity index (χ0v) is 16.5. The third-order valence-electron chi connectivity index (χ3n) is 5.77. The van der Waals surface area contributed by atoms with E-state index in [-0.39, 0.29) is 19.0 Å². The predicted molar refractivity (Wildman–Crippen MR) is 105 cm³/mol. The Hall–Kier alpha value is -2.25. The van der Waals surface area contributed by atoms with Gasteiger partial charge in [-0.15, -0.1) is 0 Å². The molecule has 0 bridgehead atoms. The molecular weight excluding hydrogens is 378 g/mol. The van der Waals surface area contributed by atoms with Gasteiger partial charge in [-0.05, 0) is 53.8 Å². The fourth-order valence-corrected chi connectivity index (χ4v) is 5.18. The van der Waals surface area contributed by atoms with Gasteiger partial charge in [-0.3, -0.25) is 4.72 Å². The fourth-order valence-electron chi connectivity index (χ4n) is 4.62. The highest BCUT2D eigenvalue weighted by molar-refractivity contribution is 7.92. The van der Waals surface area contributed by atoms with Gasteiger partial charge in [0.2, 0.25) is 16.8 Å². The number of nitrogens with one attached hydrogen (secondary N) is 1.